The molecular weight excluding hydrogens is 476 g/mol. The summed E-state index contributed by atoms with van der Waals surface area (Å²) in [6, 6.07) is 10.7. The van der Waals surface area contributed by atoms with Crippen LogP contribution in [0.2, 0.25) is 0 Å². The summed E-state index contributed by atoms with van der Waals surface area (Å²) in [6.07, 6.45) is 2.94. The second kappa shape index (κ2) is 11.5. The Kier molecular flexibility index (Phi) is 8.12. The fourth-order valence-corrected chi connectivity index (χ4v) is 5.91. The van der Waals surface area contributed by atoms with E-state index in [0.717, 1.165) is 74.7 Å². The van der Waals surface area contributed by atoms with Crippen LogP contribution in [0.15, 0.2) is 30.3 Å². The Morgan fingerprint density at radius 2 is 1.89 bits per heavy atom. The van der Waals surface area contributed by atoms with Crippen LogP contribution in [0.25, 0.3) is 5.65 Å². The third-order valence-corrected chi connectivity index (χ3v) is 8.36. The first-order chi connectivity index (χ1) is 18.3. The zero-order chi connectivity index (χ0) is 26.8. The number of carbonyl (C=O) groups excluding carboxylic acids is 1. The van der Waals surface area contributed by atoms with Crippen molar-refractivity contribution in [3.63, 3.8) is 0 Å². The fraction of sp³-hybridized carbons (Fsp3) is 0.567. The maximum Gasteiger partial charge on any atom is 0.242 e. The van der Waals surface area contributed by atoms with E-state index < -0.39 is 12.1 Å². The Morgan fingerprint density at radius 3 is 2.55 bits per heavy atom. The SMILES string of the molecule is CCc1nn2c(C)cc(C)nc2c1Cc1ccc(C(C)CCN2CCN(C(=O)C3NCCC3O)CC2)cc1. The van der Waals surface area contributed by atoms with Crippen LogP contribution in [0, 0.1) is 13.8 Å². The number of piperazine rings is 1. The highest BCUT2D eigenvalue weighted by Crippen LogP contribution is 2.24. The number of nitrogens with one attached hydrogen (secondary N) is 1. The summed E-state index contributed by atoms with van der Waals surface area (Å²) in [5.74, 6) is 0.524. The Labute approximate surface area is 226 Å². The summed E-state index contributed by atoms with van der Waals surface area (Å²) < 4.78 is 1.99. The molecule has 2 aliphatic rings. The van der Waals surface area contributed by atoms with E-state index in [1.54, 1.807) is 0 Å². The van der Waals surface area contributed by atoms with Crippen molar-refractivity contribution in [1.82, 2.24) is 29.7 Å². The minimum absolute atomic E-state index is 0.0549. The summed E-state index contributed by atoms with van der Waals surface area (Å²) in [5, 5.41) is 18.0. The van der Waals surface area contributed by atoms with Gasteiger partial charge in [0.2, 0.25) is 5.91 Å². The first kappa shape index (κ1) is 26.8. The third kappa shape index (κ3) is 5.63. The summed E-state index contributed by atoms with van der Waals surface area (Å²) in [6.45, 7) is 13.6. The maximum absolute atomic E-state index is 12.7. The van der Waals surface area contributed by atoms with Gasteiger partial charge in [-0.15, -0.1) is 0 Å². The van der Waals surface area contributed by atoms with Crippen LogP contribution < -0.4 is 5.32 Å². The van der Waals surface area contributed by atoms with Crippen molar-refractivity contribution in [2.45, 2.75) is 71.4 Å². The van der Waals surface area contributed by atoms with Gasteiger partial charge in [0.15, 0.2) is 5.65 Å². The Morgan fingerprint density at radius 1 is 1.16 bits per heavy atom. The van der Waals surface area contributed by atoms with Crippen LogP contribution in [-0.4, -0.2) is 86.8 Å². The smallest absolute Gasteiger partial charge is 0.242 e. The molecule has 3 unspecified atom stereocenters. The van der Waals surface area contributed by atoms with Crippen molar-refractivity contribution in [1.29, 1.82) is 0 Å². The molecule has 4 heterocycles. The highest BCUT2D eigenvalue weighted by molar-refractivity contribution is 5.83. The van der Waals surface area contributed by atoms with Crippen LogP contribution >= 0.6 is 0 Å². The van der Waals surface area contributed by atoms with Crippen molar-refractivity contribution in [3.8, 4) is 0 Å². The van der Waals surface area contributed by atoms with Crippen LogP contribution in [0.1, 0.15) is 66.4 Å². The molecule has 2 fully saturated rings. The van der Waals surface area contributed by atoms with E-state index in [0.29, 0.717) is 18.9 Å². The van der Waals surface area contributed by atoms with Gasteiger partial charge in [-0.25, -0.2) is 9.50 Å². The summed E-state index contributed by atoms with van der Waals surface area (Å²) in [4.78, 5) is 21.9. The van der Waals surface area contributed by atoms with E-state index in [-0.39, 0.29) is 5.91 Å². The van der Waals surface area contributed by atoms with E-state index in [2.05, 4.69) is 61.3 Å². The number of carbonyl (C=O) groups is 1. The molecule has 2 saturated heterocycles. The zero-order valence-electron chi connectivity index (χ0n) is 23.3. The van der Waals surface area contributed by atoms with Gasteiger partial charge < -0.3 is 15.3 Å². The average molecular weight is 519 g/mol. The van der Waals surface area contributed by atoms with Gasteiger partial charge in [-0.3, -0.25) is 9.69 Å². The second-order valence-corrected chi connectivity index (χ2v) is 11.1. The van der Waals surface area contributed by atoms with Crippen molar-refractivity contribution >= 4 is 11.6 Å². The maximum atomic E-state index is 12.7. The van der Waals surface area contributed by atoms with Crippen molar-refractivity contribution < 1.29 is 9.90 Å². The molecule has 8 nitrogen and oxygen atoms in total. The third-order valence-electron chi connectivity index (χ3n) is 8.36. The average Bonchev–Trinajstić information content (AvgIpc) is 3.51. The number of benzene rings is 1. The summed E-state index contributed by atoms with van der Waals surface area (Å²) in [5.41, 5.74) is 8.14. The molecular formula is C30H42N6O2. The molecule has 2 aromatic heterocycles. The number of aliphatic hydroxyl groups is 1. The van der Waals surface area contributed by atoms with Gasteiger partial charge in [0.05, 0.1) is 11.8 Å². The van der Waals surface area contributed by atoms with Crippen LogP contribution in [-0.2, 0) is 17.6 Å². The van der Waals surface area contributed by atoms with Crippen molar-refractivity contribution in [2.24, 2.45) is 0 Å². The largest absolute Gasteiger partial charge is 0.391 e. The molecule has 3 aromatic rings. The highest BCUT2D eigenvalue weighted by Gasteiger charge is 2.35. The first-order valence-corrected chi connectivity index (χ1v) is 14.2. The Balaban J connectivity index is 1.14. The number of nitrogens with zero attached hydrogens (tertiary/aromatic N) is 5. The van der Waals surface area contributed by atoms with Gasteiger partial charge in [-0.1, -0.05) is 38.1 Å². The molecule has 0 radical (unpaired) electrons. The lowest BCUT2D eigenvalue weighted by Gasteiger charge is -2.36. The lowest BCUT2D eigenvalue weighted by molar-refractivity contribution is -0.137. The second-order valence-electron chi connectivity index (χ2n) is 11.1. The number of aromatic nitrogens is 3. The van der Waals surface area contributed by atoms with Gasteiger partial charge in [0, 0.05) is 49.6 Å². The molecule has 1 amide bonds. The minimum Gasteiger partial charge on any atom is -0.391 e. The molecule has 38 heavy (non-hydrogen) atoms. The standard InChI is InChI=1S/C30H42N6O2/c1-5-26-25(29-32-21(3)18-22(4)36(29)33-26)19-23-6-8-24(9-7-23)20(2)11-13-34-14-16-35(17-15-34)30(38)28-27(37)10-12-31-28/h6-9,18,20,27-28,31,37H,5,10-17,19H2,1-4H3. The Hall–Kier alpha value is -2.81. The quantitative estimate of drug-likeness (QED) is 0.477. The van der Waals surface area contributed by atoms with E-state index in [1.165, 1.54) is 16.7 Å². The van der Waals surface area contributed by atoms with Crippen LogP contribution in [0.3, 0.4) is 0 Å². The lowest BCUT2D eigenvalue weighted by atomic mass is 9.95. The summed E-state index contributed by atoms with van der Waals surface area (Å²) >= 11 is 0. The number of amides is 1. The molecule has 5 rings (SSSR count). The number of aryl methyl sites for hydroxylation is 3. The predicted octanol–water partition coefficient (Wildman–Crippen LogP) is 2.86. The first-order valence-electron chi connectivity index (χ1n) is 14.2. The van der Waals surface area contributed by atoms with Gasteiger partial charge in [-0.2, -0.15) is 5.10 Å². The molecule has 1 aromatic carbocycles. The molecule has 0 spiro atoms. The molecule has 2 N–H and O–H groups in total. The lowest BCUT2D eigenvalue weighted by Crippen LogP contribution is -2.55. The highest BCUT2D eigenvalue weighted by atomic mass is 16.3. The number of rotatable bonds is 8. The molecule has 0 saturated carbocycles. The monoisotopic (exact) mass is 518 g/mol. The zero-order valence-corrected chi connectivity index (χ0v) is 23.3. The topological polar surface area (TPSA) is 86.0 Å². The number of aliphatic hydroxyl groups excluding tert-OH is 1. The van der Waals surface area contributed by atoms with E-state index in [1.807, 2.05) is 16.3 Å². The van der Waals surface area contributed by atoms with Gasteiger partial charge in [-0.05, 0) is 69.3 Å². The molecule has 3 atom stereocenters. The molecule has 8 heteroatoms. The molecule has 0 bridgehead atoms. The van der Waals surface area contributed by atoms with Gasteiger partial charge >= 0.3 is 0 Å². The van der Waals surface area contributed by atoms with Gasteiger partial charge in [0.25, 0.3) is 0 Å². The number of fused-ring (bicyclic) bond motifs is 1. The van der Waals surface area contributed by atoms with E-state index in [9.17, 15) is 9.90 Å². The molecule has 0 aliphatic carbocycles. The van der Waals surface area contributed by atoms with Crippen molar-refractivity contribution in [2.75, 3.05) is 39.3 Å². The van der Waals surface area contributed by atoms with Gasteiger partial charge in [0.1, 0.15) is 6.04 Å². The fourth-order valence-electron chi connectivity index (χ4n) is 5.91. The number of hydrogen-bond acceptors (Lipinski definition) is 6. The van der Waals surface area contributed by atoms with Crippen LogP contribution in [0.5, 0.6) is 0 Å². The number of hydrogen-bond donors (Lipinski definition) is 2. The predicted molar refractivity (Wildman–Crippen MR) is 150 cm³/mol. The normalized spacial score (nSPS) is 21.3. The van der Waals surface area contributed by atoms with E-state index >= 15 is 0 Å². The Bertz CT molecular complexity index is 1260. The molecule has 204 valence electrons. The van der Waals surface area contributed by atoms with Crippen molar-refractivity contribution in [3.05, 3.63) is 64.1 Å². The molecule has 2 aliphatic heterocycles. The van der Waals surface area contributed by atoms with Crippen LogP contribution in [0.4, 0.5) is 0 Å². The summed E-state index contributed by atoms with van der Waals surface area (Å²) in [7, 11) is 0. The minimum atomic E-state index is -0.550. The van der Waals surface area contributed by atoms with E-state index in [4.69, 9.17) is 10.1 Å².